The predicted octanol–water partition coefficient (Wildman–Crippen LogP) is 5.78. The maximum absolute atomic E-state index is 11.1. The average Bonchev–Trinajstić information content (AvgIpc) is 2.75. The summed E-state index contributed by atoms with van der Waals surface area (Å²) in [5.74, 6) is 0.423. The molecule has 0 amide bonds. The van der Waals surface area contributed by atoms with Gasteiger partial charge in [-0.2, -0.15) is 0 Å². The highest BCUT2D eigenvalue weighted by molar-refractivity contribution is 5.80. The summed E-state index contributed by atoms with van der Waals surface area (Å²) in [5.41, 5.74) is 0.138. The molecule has 0 bridgehead atoms. The Morgan fingerprint density at radius 1 is 0.931 bits per heavy atom. The van der Waals surface area contributed by atoms with Gasteiger partial charge in [0.15, 0.2) is 6.29 Å². The smallest absolute Gasteiger partial charge is 0.270 e. The van der Waals surface area contributed by atoms with Crippen molar-refractivity contribution in [3.05, 3.63) is 33.9 Å². The van der Waals surface area contributed by atoms with Gasteiger partial charge in [-0.1, -0.05) is 32.1 Å². The van der Waals surface area contributed by atoms with E-state index in [2.05, 4.69) is 20.8 Å². The lowest BCUT2D eigenvalue weighted by molar-refractivity contribution is -0.923. The normalized spacial score (nSPS) is 11.4. The second-order valence-electron chi connectivity index (χ2n) is 7.79. The first-order valence-corrected chi connectivity index (χ1v) is 11.2. The van der Waals surface area contributed by atoms with E-state index in [4.69, 9.17) is 4.74 Å². The van der Waals surface area contributed by atoms with Crippen LogP contribution >= 0.6 is 0 Å². The van der Waals surface area contributed by atoms with Gasteiger partial charge < -0.3 is 9.22 Å². The van der Waals surface area contributed by atoms with Gasteiger partial charge in [0, 0.05) is 12.1 Å². The Morgan fingerprint density at radius 3 is 2.00 bits per heavy atom. The second kappa shape index (κ2) is 14.1. The number of nitro groups is 1. The largest absolute Gasteiger partial charge is 0.493 e. The third-order valence-electron chi connectivity index (χ3n) is 6.13. The lowest BCUT2D eigenvalue weighted by Gasteiger charge is -2.35. The molecule has 0 radical (unpaired) electrons. The van der Waals surface area contributed by atoms with Gasteiger partial charge in [-0.05, 0) is 46.1 Å². The maximum Gasteiger partial charge on any atom is 0.270 e. The van der Waals surface area contributed by atoms with Crippen molar-refractivity contribution in [1.29, 1.82) is 0 Å². The Balaban J connectivity index is 2.09. The minimum atomic E-state index is -0.510. The van der Waals surface area contributed by atoms with Crippen LogP contribution in [-0.4, -0.2) is 48.5 Å². The molecule has 6 heteroatoms. The molecule has 1 aromatic carbocycles. The summed E-state index contributed by atoms with van der Waals surface area (Å²) in [6, 6.07) is 4.13. The van der Waals surface area contributed by atoms with Crippen LogP contribution in [-0.2, 0) is 0 Å². The molecule has 0 aliphatic carbocycles. The summed E-state index contributed by atoms with van der Waals surface area (Å²) >= 11 is 0. The molecule has 0 saturated heterocycles. The number of ether oxygens (including phenoxy) is 1. The highest BCUT2D eigenvalue weighted by Crippen LogP contribution is 2.23. The lowest BCUT2D eigenvalue weighted by Crippen LogP contribution is -2.48. The summed E-state index contributed by atoms with van der Waals surface area (Å²) in [5, 5.41) is 10.8. The minimum absolute atomic E-state index is 0.0943. The molecule has 1 rings (SSSR count). The number of hydrogen-bond acceptors (Lipinski definition) is 4. The molecule has 29 heavy (non-hydrogen) atoms. The number of benzene rings is 1. The Hall–Kier alpha value is -1.95. The number of aldehydes is 1. The van der Waals surface area contributed by atoms with E-state index in [0.717, 1.165) is 12.8 Å². The Bertz CT molecular complexity index is 607. The van der Waals surface area contributed by atoms with Crippen molar-refractivity contribution in [2.24, 2.45) is 0 Å². The molecule has 0 fully saturated rings. The van der Waals surface area contributed by atoms with Gasteiger partial charge in [-0.3, -0.25) is 14.9 Å². The zero-order chi connectivity index (χ0) is 21.5. The fraction of sp³-hybridized carbons (Fsp3) is 0.696. The number of nitro benzene ring substituents is 1. The minimum Gasteiger partial charge on any atom is -0.493 e. The van der Waals surface area contributed by atoms with Crippen LogP contribution in [0.1, 0.15) is 82.5 Å². The highest BCUT2D eigenvalue weighted by atomic mass is 16.6. The van der Waals surface area contributed by atoms with E-state index in [-0.39, 0.29) is 11.3 Å². The number of carbonyl (C=O) groups is 1. The van der Waals surface area contributed by atoms with E-state index in [0.29, 0.717) is 18.6 Å². The van der Waals surface area contributed by atoms with Crippen LogP contribution in [0.5, 0.6) is 5.75 Å². The fourth-order valence-electron chi connectivity index (χ4n) is 3.81. The summed E-state index contributed by atoms with van der Waals surface area (Å²) < 4.78 is 6.88. The molecule has 1 aromatic rings. The van der Waals surface area contributed by atoms with Crippen molar-refractivity contribution in [2.75, 3.05) is 32.8 Å². The number of rotatable bonds is 17. The molecular formula is C23H39N2O4+. The van der Waals surface area contributed by atoms with Crippen molar-refractivity contribution in [3.8, 4) is 5.75 Å². The van der Waals surface area contributed by atoms with Crippen LogP contribution in [0.25, 0.3) is 0 Å². The molecule has 0 saturated carbocycles. The van der Waals surface area contributed by atoms with Gasteiger partial charge in [-0.25, -0.2) is 0 Å². The molecule has 6 nitrogen and oxygen atoms in total. The van der Waals surface area contributed by atoms with Crippen LogP contribution in [0, 0.1) is 10.1 Å². The molecule has 0 unspecified atom stereocenters. The van der Waals surface area contributed by atoms with E-state index in [1.54, 1.807) is 0 Å². The Kier molecular flexibility index (Phi) is 12.2. The first-order valence-electron chi connectivity index (χ1n) is 11.2. The van der Waals surface area contributed by atoms with Crippen molar-refractivity contribution in [2.45, 2.75) is 72.1 Å². The summed E-state index contributed by atoms with van der Waals surface area (Å²) in [6.07, 6.45) is 10.4. The maximum atomic E-state index is 11.1. The van der Waals surface area contributed by atoms with E-state index >= 15 is 0 Å². The third-order valence-corrected chi connectivity index (χ3v) is 6.13. The number of non-ortho nitro benzene ring substituents is 1. The van der Waals surface area contributed by atoms with Gasteiger partial charge >= 0.3 is 0 Å². The lowest BCUT2D eigenvalue weighted by atomic mass is 10.1. The molecule has 0 spiro atoms. The first-order chi connectivity index (χ1) is 14.0. The Morgan fingerprint density at radius 2 is 1.48 bits per heavy atom. The molecule has 0 N–H and O–H groups in total. The molecule has 164 valence electrons. The Labute approximate surface area is 176 Å². The van der Waals surface area contributed by atoms with Crippen LogP contribution in [0.4, 0.5) is 5.69 Å². The second-order valence-corrected chi connectivity index (χ2v) is 7.79. The summed E-state index contributed by atoms with van der Waals surface area (Å²) in [7, 11) is 0. The van der Waals surface area contributed by atoms with Gasteiger partial charge in [-0.15, -0.1) is 0 Å². The number of carbonyl (C=O) groups excluding carboxylic acids is 1. The van der Waals surface area contributed by atoms with Crippen LogP contribution in [0.15, 0.2) is 18.2 Å². The zero-order valence-electron chi connectivity index (χ0n) is 18.5. The van der Waals surface area contributed by atoms with Crippen LogP contribution < -0.4 is 4.74 Å². The molecular weight excluding hydrogens is 368 g/mol. The van der Waals surface area contributed by atoms with Gasteiger partial charge in [0.2, 0.25) is 0 Å². The standard InChI is InChI=1S/C23H39N2O4/c1-4-25(5-2,6-3)17-13-11-9-7-8-10-12-14-18-29-23-16-15-22(24(27)28)19-21(23)20-26/h15-16,19-20H,4-14,17-18H2,1-3H3/q+1. The molecule has 0 atom stereocenters. The van der Waals surface area contributed by atoms with E-state index in [1.807, 2.05) is 0 Å². The zero-order valence-corrected chi connectivity index (χ0v) is 18.5. The van der Waals surface area contributed by atoms with Crippen LogP contribution in [0.2, 0.25) is 0 Å². The van der Waals surface area contributed by atoms with E-state index in [1.165, 1.54) is 87.4 Å². The van der Waals surface area contributed by atoms with Crippen molar-refractivity contribution in [1.82, 2.24) is 0 Å². The van der Waals surface area contributed by atoms with Gasteiger partial charge in [0.05, 0.1) is 43.3 Å². The number of hydrogen-bond donors (Lipinski definition) is 0. The molecule has 0 aliphatic rings. The van der Waals surface area contributed by atoms with E-state index < -0.39 is 4.92 Å². The monoisotopic (exact) mass is 407 g/mol. The quantitative estimate of drug-likeness (QED) is 0.108. The van der Waals surface area contributed by atoms with Crippen molar-refractivity contribution in [3.63, 3.8) is 0 Å². The number of quaternary nitrogens is 1. The van der Waals surface area contributed by atoms with Crippen molar-refractivity contribution >= 4 is 12.0 Å². The first kappa shape index (κ1) is 25.1. The number of nitrogens with zero attached hydrogens (tertiary/aromatic N) is 2. The molecule has 0 aliphatic heterocycles. The van der Waals surface area contributed by atoms with Crippen molar-refractivity contribution < 1.29 is 18.9 Å². The molecule has 0 heterocycles. The topological polar surface area (TPSA) is 69.4 Å². The average molecular weight is 408 g/mol. The van der Waals surface area contributed by atoms with Gasteiger partial charge in [0.1, 0.15) is 5.75 Å². The van der Waals surface area contributed by atoms with Crippen LogP contribution in [0.3, 0.4) is 0 Å². The fourth-order valence-corrected chi connectivity index (χ4v) is 3.81. The SMILES string of the molecule is CC[N+](CC)(CC)CCCCCCCCCCOc1ccc([N+](=O)[O-])cc1C=O. The molecule has 0 aromatic heterocycles. The predicted molar refractivity (Wildman–Crippen MR) is 118 cm³/mol. The van der Waals surface area contributed by atoms with Gasteiger partial charge in [0.25, 0.3) is 5.69 Å². The number of unbranched alkanes of at least 4 members (excludes halogenated alkanes) is 7. The highest BCUT2D eigenvalue weighted by Gasteiger charge is 2.19. The third kappa shape index (κ3) is 8.94. The summed E-state index contributed by atoms with van der Waals surface area (Å²) in [6.45, 7) is 12.5. The summed E-state index contributed by atoms with van der Waals surface area (Å²) in [4.78, 5) is 21.3. The van der Waals surface area contributed by atoms with E-state index in [9.17, 15) is 14.9 Å².